The van der Waals surface area contributed by atoms with Gasteiger partial charge in [-0.2, -0.15) is 0 Å². The van der Waals surface area contributed by atoms with Crippen LogP contribution in [0.25, 0.3) is 0 Å². The van der Waals surface area contributed by atoms with Crippen LogP contribution in [0.1, 0.15) is 88.5 Å². The molecule has 0 radical (unpaired) electrons. The zero-order valence-electron chi connectivity index (χ0n) is 17.3. The van der Waals surface area contributed by atoms with Crippen LogP contribution in [0.2, 0.25) is 0 Å². The minimum Gasteiger partial charge on any atom is -0.508 e. The summed E-state index contributed by atoms with van der Waals surface area (Å²) in [7, 11) is 0. The summed E-state index contributed by atoms with van der Waals surface area (Å²) in [5, 5.41) is 11.1. The standard InChI is InChI=1S/C27H36O/c28-24-4-2-1-3-23(24)25(26-11-17-5-18(12-26)7-19(6-17)13-26)27-14-20-8-21(15-27)10-22(9-20)16-27/h1-4,17-22,25,28H,5-16H2. The smallest absolute Gasteiger partial charge is 0.119 e. The fourth-order valence-electron chi connectivity index (χ4n) is 11.1. The Labute approximate surface area is 170 Å². The molecular weight excluding hydrogens is 340 g/mol. The first-order valence-corrected chi connectivity index (χ1v) is 12.4. The molecule has 8 bridgehead atoms. The van der Waals surface area contributed by atoms with Gasteiger partial charge in [0.1, 0.15) is 5.75 Å². The monoisotopic (exact) mass is 376 g/mol. The normalized spacial score (nSPS) is 51.6. The Morgan fingerprint density at radius 3 is 1.32 bits per heavy atom. The van der Waals surface area contributed by atoms with Crippen LogP contribution < -0.4 is 0 Å². The molecule has 8 aliphatic carbocycles. The third kappa shape index (κ3) is 2.25. The largest absolute Gasteiger partial charge is 0.508 e. The minimum atomic E-state index is 0.499. The number of hydrogen-bond donors (Lipinski definition) is 1. The quantitative estimate of drug-likeness (QED) is 0.608. The summed E-state index contributed by atoms with van der Waals surface area (Å²) in [4.78, 5) is 0. The van der Waals surface area contributed by atoms with E-state index in [4.69, 9.17) is 0 Å². The summed E-state index contributed by atoms with van der Waals surface area (Å²) in [6.45, 7) is 0. The lowest BCUT2D eigenvalue weighted by Crippen LogP contribution is -2.57. The van der Waals surface area contributed by atoms with Gasteiger partial charge < -0.3 is 5.11 Å². The van der Waals surface area contributed by atoms with Crippen molar-refractivity contribution in [1.82, 2.24) is 0 Å². The van der Waals surface area contributed by atoms with E-state index >= 15 is 0 Å². The molecule has 1 N–H and O–H groups in total. The molecule has 0 aliphatic heterocycles. The van der Waals surface area contributed by atoms with E-state index in [9.17, 15) is 5.11 Å². The molecule has 8 aliphatic rings. The van der Waals surface area contributed by atoms with Crippen molar-refractivity contribution in [2.24, 2.45) is 46.3 Å². The molecule has 0 amide bonds. The molecule has 8 fully saturated rings. The van der Waals surface area contributed by atoms with Crippen molar-refractivity contribution in [2.75, 3.05) is 0 Å². The van der Waals surface area contributed by atoms with Crippen molar-refractivity contribution < 1.29 is 5.11 Å². The Bertz CT molecular complexity index is 677. The van der Waals surface area contributed by atoms with Gasteiger partial charge in [0.05, 0.1) is 0 Å². The van der Waals surface area contributed by atoms with Gasteiger partial charge in [-0.25, -0.2) is 0 Å². The van der Waals surface area contributed by atoms with Crippen LogP contribution in [0, 0.1) is 46.3 Å². The predicted molar refractivity (Wildman–Crippen MR) is 112 cm³/mol. The molecule has 0 atom stereocenters. The highest BCUT2D eigenvalue weighted by Crippen LogP contribution is 2.74. The lowest BCUT2D eigenvalue weighted by Gasteiger charge is -2.67. The summed E-state index contributed by atoms with van der Waals surface area (Å²) in [5.74, 6) is 7.20. The lowest BCUT2D eigenvalue weighted by atomic mass is 9.37. The van der Waals surface area contributed by atoms with Crippen LogP contribution >= 0.6 is 0 Å². The van der Waals surface area contributed by atoms with Crippen LogP contribution in [-0.4, -0.2) is 5.11 Å². The highest BCUT2D eigenvalue weighted by atomic mass is 16.3. The second-order valence-corrected chi connectivity index (χ2v) is 12.6. The summed E-state index contributed by atoms with van der Waals surface area (Å²) in [6.07, 6.45) is 18.0. The number of rotatable bonds is 3. The molecule has 1 aromatic rings. The van der Waals surface area contributed by atoms with Crippen LogP contribution in [0.15, 0.2) is 24.3 Å². The average molecular weight is 377 g/mol. The Hall–Kier alpha value is -0.980. The van der Waals surface area contributed by atoms with Gasteiger partial charge in [0.15, 0.2) is 0 Å². The SMILES string of the molecule is Oc1ccccc1C(C12CC3CC(CC(C3)C1)C2)C12CC3CC(CC(C3)C1)C2. The van der Waals surface area contributed by atoms with E-state index < -0.39 is 0 Å². The lowest BCUT2D eigenvalue weighted by molar-refractivity contribution is -0.144. The van der Waals surface area contributed by atoms with Gasteiger partial charge >= 0.3 is 0 Å². The van der Waals surface area contributed by atoms with Crippen molar-refractivity contribution in [3.63, 3.8) is 0 Å². The number of aromatic hydroxyl groups is 1. The van der Waals surface area contributed by atoms with E-state index in [2.05, 4.69) is 12.1 Å². The van der Waals surface area contributed by atoms with Crippen molar-refractivity contribution in [3.8, 4) is 5.75 Å². The Morgan fingerprint density at radius 1 is 0.607 bits per heavy atom. The predicted octanol–water partition coefficient (Wildman–Crippen LogP) is 6.91. The van der Waals surface area contributed by atoms with Crippen molar-refractivity contribution in [3.05, 3.63) is 29.8 Å². The van der Waals surface area contributed by atoms with Gasteiger partial charge in [0.2, 0.25) is 0 Å². The first-order chi connectivity index (χ1) is 13.6. The Morgan fingerprint density at radius 2 is 0.964 bits per heavy atom. The van der Waals surface area contributed by atoms with Crippen LogP contribution in [0.5, 0.6) is 5.75 Å². The first kappa shape index (κ1) is 16.8. The zero-order chi connectivity index (χ0) is 18.5. The van der Waals surface area contributed by atoms with E-state index in [0.29, 0.717) is 22.5 Å². The van der Waals surface area contributed by atoms with Crippen LogP contribution in [0.3, 0.4) is 0 Å². The number of benzene rings is 1. The fourth-order valence-corrected chi connectivity index (χ4v) is 11.1. The van der Waals surface area contributed by atoms with E-state index in [1.165, 1.54) is 82.6 Å². The molecule has 8 saturated carbocycles. The number of phenolic OH excluding ortho intramolecular Hbond substituents is 1. The van der Waals surface area contributed by atoms with Gasteiger partial charge in [-0.05, 0) is 141 Å². The molecule has 9 rings (SSSR count). The highest BCUT2D eigenvalue weighted by Gasteiger charge is 2.63. The summed E-state index contributed by atoms with van der Waals surface area (Å²) < 4.78 is 0. The summed E-state index contributed by atoms with van der Waals surface area (Å²) in [6, 6.07) is 8.57. The molecule has 0 spiro atoms. The molecule has 0 aromatic heterocycles. The molecule has 150 valence electrons. The van der Waals surface area contributed by atoms with Crippen LogP contribution in [0.4, 0.5) is 0 Å². The maximum Gasteiger partial charge on any atom is 0.119 e. The zero-order valence-corrected chi connectivity index (χ0v) is 17.3. The van der Waals surface area contributed by atoms with Crippen molar-refractivity contribution >= 4 is 0 Å². The maximum absolute atomic E-state index is 11.1. The number of phenols is 1. The molecule has 0 unspecified atom stereocenters. The number of para-hydroxylation sites is 1. The summed E-state index contributed by atoms with van der Waals surface area (Å²) >= 11 is 0. The minimum absolute atomic E-state index is 0.499. The molecule has 0 saturated heterocycles. The number of hydrogen-bond acceptors (Lipinski definition) is 1. The molecule has 0 heterocycles. The van der Waals surface area contributed by atoms with Gasteiger partial charge in [0.25, 0.3) is 0 Å². The maximum atomic E-state index is 11.1. The molecule has 1 nitrogen and oxygen atoms in total. The van der Waals surface area contributed by atoms with Crippen LogP contribution in [-0.2, 0) is 0 Å². The average Bonchev–Trinajstić information content (AvgIpc) is 2.61. The van der Waals surface area contributed by atoms with Gasteiger partial charge in [-0.3, -0.25) is 0 Å². The van der Waals surface area contributed by atoms with Gasteiger partial charge in [-0.15, -0.1) is 0 Å². The van der Waals surface area contributed by atoms with Gasteiger partial charge in [-0.1, -0.05) is 18.2 Å². The third-order valence-electron chi connectivity index (χ3n) is 10.6. The second kappa shape index (κ2) is 5.58. The fraction of sp³-hybridized carbons (Fsp3) is 0.778. The molecule has 1 heteroatoms. The van der Waals surface area contributed by atoms with E-state index in [1.807, 2.05) is 12.1 Å². The van der Waals surface area contributed by atoms with Crippen molar-refractivity contribution in [2.45, 2.75) is 83.0 Å². The highest BCUT2D eigenvalue weighted by molar-refractivity contribution is 5.39. The topological polar surface area (TPSA) is 20.2 Å². The van der Waals surface area contributed by atoms with E-state index in [0.717, 1.165) is 35.5 Å². The van der Waals surface area contributed by atoms with E-state index in [-0.39, 0.29) is 0 Å². The van der Waals surface area contributed by atoms with Crippen molar-refractivity contribution in [1.29, 1.82) is 0 Å². The van der Waals surface area contributed by atoms with E-state index in [1.54, 1.807) is 0 Å². The molecule has 28 heavy (non-hydrogen) atoms. The first-order valence-electron chi connectivity index (χ1n) is 12.4. The second-order valence-electron chi connectivity index (χ2n) is 12.6. The molecule has 1 aromatic carbocycles. The Kier molecular flexibility index (Phi) is 3.34. The summed E-state index contributed by atoms with van der Waals surface area (Å²) in [5.41, 5.74) is 2.35. The molecular formula is C27H36O. The van der Waals surface area contributed by atoms with Gasteiger partial charge in [0, 0.05) is 0 Å². The Balaban J connectivity index is 1.39. The third-order valence-corrected chi connectivity index (χ3v) is 10.6.